The fourth-order valence-electron chi connectivity index (χ4n) is 0.858. The summed E-state index contributed by atoms with van der Waals surface area (Å²) >= 11 is 1.70. The van der Waals surface area contributed by atoms with Crippen molar-refractivity contribution in [1.29, 1.82) is 0 Å². The molecule has 0 aromatic rings. The first-order chi connectivity index (χ1) is 4.77. The zero-order chi connectivity index (χ0) is 7.45. The van der Waals surface area contributed by atoms with Gasteiger partial charge in [-0.15, -0.1) is 11.8 Å². The summed E-state index contributed by atoms with van der Waals surface area (Å²) in [5.74, 6) is 1.11. The van der Waals surface area contributed by atoms with Crippen LogP contribution in [0.1, 0.15) is 13.3 Å². The average molecular weight is 181 g/mol. The van der Waals surface area contributed by atoms with E-state index in [-0.39, 0.29) is 5.06 Å². The van der Waals surface area contributed by atoms with Crippen LogP contribution in [0.3, 0.4) is 0 Å². The summed E-state index contributed by atoms with van der Waals surface area (Å²) in [6, 6.07) is 0. The van der Waals surface area contributed by atoms with E-state index in [0.717, 1.165) is 12.3 Å². The van der Waals surface area contributed by atoms with E-state index >= 15 is 0 Å². The second-order valence-corrected chi connectivity index (χ2v) is 4.13. The molecule has 0 saturated carbocycles. The Kier molecular flexibility index (Phi) is 3.40. The van der Waals surface area contributed by atoms with Crippen molar-refractivity contribution in [2.45, 2.75) is 18.4 Å². The first-order valence-electron chi connectivity index (χ1n) is 3.23. The SMILES string of the molecule is CC1(OPO)NCCCS1. The standard InChI is InChI=1S/C5H12NO2PS/c1-5(8-9-7)6-3-2-4-10-5/h6-7,9H,2-4H2,1H3. The number of thioether (sulfide) groups is 1. The third-order valence-corrected chi connectivity index (χ3v) is 3.30. The van der Waals surface area contributed by atoms with Gasteiger partial charge in [-0.05, 0) is 25.6 Å². The number of hydrogen-bond donors (Lipinski definition) is 2. The molecule has 0 spiro atoms. The lowest BCUT2D eigenvalue weighted by Crippen LogP contribution is -2.44. The maximum absolute atomic E-state index is 8.54. The van der Waals surface area contributed by atoms with Gasteiger partial charge in [-0.2, -0.15) is 0 Å². The molecular weight excluding hydrogens is 169 g/mol. The predicted molar refractivity (Wildman–Crippen MR) is 45.1 cm³/mol. The highest BCUT2D eigenvalue weighted by atomic mass is 32.2. The van der Waals surface area contributed by atoms with E-state index in [1.165, 1.54) is 6.42 Å². The van der Waals surface area contributed by atoms with Crippen LogP contribution in [0.25, 0.3) is 0 Å². The molecule has 2 N–H and O–H groups in total. The zero-order valence-electron chi connectivity index (χ0n) is 5.89. The first kappa shape index (κ1) is 8.75. The molecule has 2 atom stereocenters. The van der Waals surface area contributed by atoms with Crippen molar-refractivity contribution in [3.8, 4) is 0 Å². The molecule has 2 unspecified atom stereocenters. The average Bonchev–Trinajstić information content (AvgIpc) is 1.89. The van der Waals surface area contributed by atoms with Gasteiger partial charge in [0, 0.05) is 0 Å². The van der Waals surface area contributed by atoms with Crippen molar-refractivity contribution in [3.05, 3.63) is 0 Å². The topological polar surface area (TPSA) is 41.5 Å². The molecule has 1 aliphatic rings. The van der Waals surface area contributed by atoms with Crippen LogP contribution in [0.5, 0.6) is 0 Å². The molecule has 1 aliphatic heterocycles. The van der Waals surface area contributed by atoms with Crippen molar-refractivity contribution >= 4 is 20.8 Å². The van der Waals surface area contributed by atoms with Gasteiger partial charge in [-0.25, -0.2) is 0 Å². The summed E-state index contributed by atoms with van der Waals surface area (Å²) in [6.07, 6.45) is 1.18. The van der Waals surface area contributed by atoms with Crippen molar-refractivity contribution < 1.29 is 9.42 Å². The zero-order valence-corrected chi connectivity index (χ0v) is 7.70. The molecule has 5 heteroatoms. The molecule has 60 valence electrons. The van der Waals surface area contributed by atoms with Crippen molar-refractivity contribution in [1.82, 2.24) is 5.32 Å². The maximum atomic E-state index is 8.54. The lowest BCUT2D eigenvalue weighted by molar-refractivity contribution is 0.153. The third kappa shape index (κ3) is 2.36. The Bertz CT molecular complexity index is 102. The lowest BCUT2D eigenvalue weighted by Gasteiger charge is -2.32. The first-order valence-corrected chi connectivity index (χ1v) is 5.07. The molecule has 0 aromatic heterocycles. The van der Waals surface area contributed by atoms with Gasteiger partial charge in [0.05, 0.1) is 0 Å². The molecule has 3 nitrogen and oxygen atoms in total. The summed E-state index contributed by atoms with van der Waals surface area (Å²) in [5, 5.41) is 2.84. The molecule has 1 rings (SSSR count). The number of hydrogen-bond acceptors (Lipinski definition) is 4. The van der Waals surface area contributed by atoms with Crippen LogP contribution in [-0.2, 0) is 4.52 Å². The van der Waals surface area contributed by atoms with Crippen LogP contribution in [-0.4, -0.2) is 22.2 Å². The van der Waals surface area contributed by atoms with E-state index < -0.39 is 9.03 Å². The van der Waals surface area contributed by atoms with Gasteiger partial charge in [0.1, 0.15) is 0 Å². The highest BCUT2D eigenvalue weighted by Crippen LogP contribution is 2.31. The van der Waals surface area contributed by atoms with Crippen LogP contribution < -0.4 is 5.32 Å². The van der Waals surface area contributed by atoms with Crippen molar-refractivity contribution in [3.63, 3.8) is 0 Å². The predicted octanol–water partition coefficient (Wildman–Crippen LogP) is 0.904. The monoisotopic (exact) mass is 181 g/mol. The van der Waals surface area contributed by atoms with Gasteiger partial charge in [0.25, 0.3) is 0 Å². The van der Waals surface area contributed by atoms with E-state index in [4.69, 9.17) is 9.42 Å². The van der Waals surface area contributed by atoms with Gasteiger partial charge in [0.15, 0.2) is 14.1 Å². The minimum absolute atomic E-state index is 0.342. The minimum atomic E-state index is -0.424. The van der Waals surface area contributed by atoms with Gasteiger partial charge in [-0.3, -0.25) is 5.32 Å². The third-order valence-electron chi connectivity index (χ3n) is 1.39. The molecule has 0 bridgehead atoms. The fraction of sp³-hybridized carbons (Fsp3) is 1.00. The Morgan fingerprint density at radius 2 is 2.60 bits per heavy atom. The normalized spacial score (nSPS) is 35.4. The highest BCUT2D eigenvalue weighted by Gasteiger charge is 2.27. The minimum Gasteiger partial charge on any atom is -0.352 e. The van der Waals surface area contributed by atoms with Gasteiger partial charge in [0.2, 0.25) is 0 Å². The summed E-state index contributed by atoms with van der Waals surface area (Å²) in [7, 11) is -0.424. The Morgan fingerprint density at radius 1 is 1.80 bits per heavy atom. The Hall–Kier alpha value is 0.660. The van der Waals surface area contributed by atoms with Crippen LogP contribution in [0.2, 0.25) is 0 Å². The van der Waals surface area contributed by atoms with E-state index in [9.17, 15) is 0 Å². The van der Waals surface area contributed by atoms with Gasteiger partial charge < -0.3 is 9.42 Å². The van der Waals surface area contributed by atoms with Crippen LogP contribution >= 0.6 is 20.8 Å². The smallest absolute Gasteiger partial charge is 0.170 e. The molecule has 0 aromatic carbocycles. The maximum Gasteiger partial charge on any atom is 0.170 e. The molecule has 0 radical (unpaired) electrons. The molecule has 0 amide bonds. The molecule has 10 heavy (non-hydrogen) atoms. The van der Waals surface area contributed by atoms with Gasteiger partial charge >= 0.3 is 0 Å². The summed E-state index contributed by atoms with van der Waals surface area (Å²) < 4.78 is 5.11. The van der Waals surface area contributed by atoms with Crippen LogP contribution in [0.15, 0.2) is 0 Å². The quantitative estimate of drug-likeness (QED) is 0.621. The summed E-state index contributed by atoms with van der Waals surface area (Å²) in [5.41, 5.74) is 0. The van der Waals surface area contributed by atoms with E-state index in [1.807, 2.05) is 6.92 Å². The summed E-state index contributed by atoms with van der Waals surface area (Å²) in [6.45, 7) is 2.92. The highest BCUT2D eigenvalue weighted by molar-refractivity contribution is 8.00. The van der Waals surface area contributed by atoms with E-state index in [1.54, 1.807) is 11.8 Å². The van der Waals surface area contributed by atoms with Gasteiger partial charge in [-0.1, -0.05) is 0 Å². The second kappa shape index (κ2) is 3.88. The Labute approximate surface area is 66.9 Å². The lowest BCUT2D eigenvalue weighted by atomic mass is 10.4. The van der Waals surface area contributed by atoms with E-state index in [0.29, 0.717) is 0 Å². The molecule has 1 fully saturated rings. The van der Waals surface area contributed by atoms with E-state index in [2.05, 4.69) is 5.32 Å². The largest absolute Gasteiger partial charge is 0.352 e. The second-order valence-electron chi connectivity index (χ2n) is 2.27. The Morgan fingerprint density at radius 3 is 3.10 bits per heavy atom. The molecule has 1 heterocycles. The molecule has 1 saturated heterocycles. The van der Waals surface area contributed by atoms with Crippen molar-refractivity contribution in [2.24, 2.45) is 0 Å². The number of rotatable bonds is 2. The van der Waals surface area contributed by atoms with Crippen LogP contribution in [0.4, 0.5) is 0 Å². The molecule has 0 aliphatic carbocycles. The fourth-order valence-corrected chi connectivity index (χ4v) is 2.33. The van der Waals surface area contributed by atoms with Crippen LogP contribution in [0, 0.1) is 0 Å². The Balaban J connectivity index is 2.32. The summed E-state index contributed by atoms with van der Waals surface area (Å²) in [4.78, 5) is 8.54. The van der Waals surface area contributed by atoms with Crippen molar-refractivity contribution in [2.75, 3.05) is 12.3 Å². The molecular formula is C5H12NO2PS. The number of nitrogens with one attached hydrogen (secondary N) is 1.